The zero-order valence-electron chi connectivity index (χ0n) is 8.32. The molecule has 1 atom stereocenters. The second kappa shape index (κ2) is 7.64. The highest BCUT2D eigenvalue weighted by molar-refractivity contribution is 7.99. The number of thioether (sulfide) groups is 1. The third-order valence-electron chi connectivity index (χ3n) is 1.48. The highest BCUT2D eigenvalue weighted by atomic mass is 32.2. The van der Waals surface area contributed by atoms with Gasteiger partial charge >= 0.3 is 11.9 Å². The van der Waals surface area contributed by atoms with Gasteiger partial charge in [0.1, 0.15) is 6.04 Å². The summed E-state index contributed by atoms with van der Waals surface area (Å²) in [6.45, 7) is 0. The average molecular weight is 221 g/mol. The zero-order valence-corrected chi connectivity index (χ0v) is 9.13. The van der Waals surface area contributed by atoms with Crippen molar-refractivity contribution in [2.75, 3.05) is 25.7 Å². The van der Waals surface area contributed by atoms with Crippen LogP contribution in [0.25, 0.3) is 0 Å². The molecule has 0 aliphatic heterocycles. The third kappa shape index (κ3) is 5.82. The molecule has 2 N–H and O–H groups in total. The highest BCUT2D eigenvalue weighted by Gasteiger charge is 2.13. The van der Waals surface area contributed by atoms with Crippen LogP contribution in [0.15, 0.2) is 0 Å². The van der Waals surface area contributed by atoms with E-state index in [9.17, 15) is 9.59 Å². The maximum atomic E-state index is 10.8. The Bertz CT molecular complexity index is 198. The van der Waals surface area contributed by atoms with Gasteiger partial charge in [-0.15, -0.1) is 0 Å². The van der Waals surface area contributed by atoms with E-state index < -0.39 is 12.0 Å². The van der Waals surface area contributed by atoms with Crippen molar-refractivity contribution in [3.63, 3.8) is 0 Å². The summed E-state index contributed by atoms with van der Waals surface area (Å²) in [5.74, 6) is 0.348. The number of esters is 2. The second-order valence-corrected chi connectivity index (χ2v) is 3.68. The fraction of sp³-hybridized carbons (Fsp3) is 0.750. The molecule has 0 aromatic rings. The van der Waals surface area contributed by atoms with E-state index in [1.54, 1.807) is 0 Å². The van der Waals surface area contributed by atoms with Crippen LogP contribution in [0.3, 0.4) is 0 Å². The predicted molar refractivity (Wildman–Crippen MR) is 53.9 cm³/mol. The average Bonchev–Trinajstić information content (AvgIpc) is 2.22. The number of hydrogen-bond donors (Lipinski definition) is 1. The maximum absolute atomic E-state index is 10.8. The molecule has 5 nitrogen and oxygen atoms in total. The Labute approximate surface area is 87.3 Å². The molecule has 0 spiro atoms. The van der Waals surface area contributed by atoms with Gasteiger partial charge in [0.15, 0.2) is 0 Å². The first-order chi connectivity index (χ1) is 6.61. The molecule has 0 radical (unpaired) electrons. The topological polar surface area (TPSA) is 78.6 Å². The first kappa shape index (κ1) is 13.2. The van der Waals surface area contributed by atoms with Gasteiger partial charge in [-0.3, -0.25) is 9.59 Å². The Hall–Kier alpha value is -0.750. The Morgan fingerprint density at radius 3 is 2.50 bits per heavy atom. The summed E-state index contributed by atoms with van der Waals surface area (Å²) in [5.41, 5.74) is 5.47. The molecule has 0 aromatic heterocycles. The predicted octanol–water partition coefficient (Wildman–Crippen LogP) is -0.217. The van der Waals surface area contributed by atoms with Crippen LogP contribution < -0.4 is 5.73 Å². The molecule has 14 heavy (non-hydrogen) atoms. The quantitative estimate of drug-likeness (QED) is 0.493. The van der Waals surface area contributed by atoms with Crippen molar-refractivity contribution in [3.8, 4) is 0 Å². The van der Waals surface area contributed by atoms with Crippen molar-refractivity contribution in [2.24, 2.45) is 5.73 Å². The van der Waals surface area contributed by atoms with E-state index in [2.05, 4.69) is 9.47 Å². The number of hydrogen-bond acceptors (Lipinski definition) is 6. The number of carbonyl (C=O) groups excluding carboxylic acids is 2. The summed E-state index contributed by atoms with van der Waals surface area (Å²) >= 11 is 1.42. The maximum Gasteiger partial charge on any atom is 0.323 e. The van der Waals surface area contributed by atoms with E-state index in [-0.39, 0.29) is 5.97 Å². The minimum Gasteiger partial charge on any atom is -0.469 e. The van der Waals surface area contributed by atoms with E-state index >= 15 is 0 Å². The van der Waals surface area contributed by atoms with Crippen molar-refractivity contribution in [2.45, 2.75) is 12.5 Å². The molecular formula is C8H15NO4S. The minimum absolute atomic E-state index is 0.260. The van der Waals surface area contributed by atoms with Crippen LogP contribution >= 0.6 is 11.8 Å². The second-order valence-electron chi connectivity index (χ2n) is 2.53. The lowest BCUT2D eigenvalue weighted by Gasteiger charge is -2.07. The molecule has 0 aliphatic carbocycles. The minimum atomic E-state index is -0.623. The lowest BCUT2D eigenvalue weighted by Crippen LogP contribution is -2.34. The molecule has 0 heterocycles. The summed E-state index contributed by atoms with van der Waals surface area (Å²) in [6.07, 6.45) is 0.328. The molecule has 0 aliphatic rings. The summed E-state index contributed by atoms with van der Waals surface area (Å²) < 4.78 is 8.89. The van der Waals surface area contributed by atoms with Crippen LogP contribution in [0.2, 0.25) is 0 Å². The van der Waals surface area contributed by atoms with Gasteiger partial charge in [-0.25, -0.2) is 0 Å². The third-order valence-corrected chi connectivity index (χ3v) is 2.57. The Balaban J connectivity index is 3.45. The van der Waals surface area contributed by atoms with Gasteiger partial charge in [-0.1, -0.05) is 0 Å². The van der Waals surface area contributed by atoms with Crippen LogP contribution in [0.1, 0.15) is 6.42 Å². The van der Waals surface area contributed by atoms with Crippen molar-refractivity contribution >= 4 is 23.7 Å². The molecule has 82 valence electrons. The zero-order chi connectivity index (χ0) is 11.0. The Kier molecular flexibility index (Phi) is 7.23. The van der Waals surface area contributed by atoms with Crippen LogP contribution in [-0.4, -0.2) is 43.7 Å². The molecular weight excluding hydrogens is 206 g/mol. The molecule has 0 fully saturated rings. The molecule has 0 bridgehead atoms. The van der Waals surface area contributed by atoms with Crippen molar-refractivity contribution < 1.29 is 19.1 Å². The number of nitrogens with two attached hydrogens (primary N) is 1. The fourth-order valence-electron chi connectivity index (χ4n) is 0.687. The number of carbonyl (C=O) groups is 2. The van der Waals surface area contributed by atoms with Crippen LogP contribution in [0, 0.1) is 0 Å². The van der Waals surface area contributed by atoms with Crippen LogP contribution in [-0.2, 0) is 19.1 Å². The molecule has 0 rings (SSSR count). The van der Waals surface area contributed by atoms with Crippen molar-refractivity contribution in [1.82, 2.24) is 0 Å². The molecule has 0 saturated carbocycles. The van der Waals surface area contributed by atoms with E-state index in [0.29, 0.717) is 17.9 Å². The van der Waals surface area contributed by atoms with Gasteiger partial charge < -0.3 is 15.2 Å². The number of rotatable bonds is 6. The summed E-state index contributed by atoms with van der Waals surface area (Å²) in [4.78, 5) is 21.5. The van der Waals surface area contributed by atoms with Crippen LogP contribution in [0.5, 0.6) is 0 Å². The van der Waals surface area contributed by atoms with Gasteiger partial charge in [0, 0.05) is 11.5 Å². The van der Waals surface area contributed by atoms with Gasteiger partial charge in [0.2, 0.25) is 0 Å². The number of methoxy groups -OCH3 is 2. The number of ether oxygens (including phenoxy) is 2. The van der Waals surface area contributed by atoms with Crippen molar-refractivity contribution in [1.29, 1.82) is 0 Å². The van der Waals surface area contributed by atoms with Gasteiger partial charge in [-0.05, 0) is 0 Å². The first-order valence-corrected chi connectivity index (χ1v) is 5.25. The molecule has 0 saturated heterocycles. The van der Waals surface area contributed by atoms with Gasteiger partial charge in [-0.2, -0.15) is 11.8 Å². The smallest absolute Gasteiger partial charge is 0.323 e. The lowest BCUT2D eigenvalue weighted by atomic mass is 10.4. The summed E-state index contributed by atoms with van der Waals surface area (Å²) in [6, 6.07) is -0.623. The van der Waals surface area contributed by atoms with E-state index in [1.165, 1.54) is 26.0 Å². The summed E-state index contributed by atoms with van der Waals surface area (Å²) in [5, 5.41) is 0. The van der Waals surface area contributed by atoms with Gasteiger partial charge in [0.05, 0.1) is 20.6 Å². The van der Waals surface area contributed by atoms with Gasteiger partial charge in [0.25, 0.3) is 0 Å². The molecule has 1 unspecified atom stereocenters. The molecule has 0 aromatic carbocycles. The molecule has 0 amide bonds. The highest BCUT2D eigenvalue weighted by Crippen LogP contribution is 2.05. The summed E-state index contributed by atoms with van der Waals surface area (Å²) in [7, 11) is 2.63. The molecule has 6 heteroatoms. The lowest BCUT2D eigenvalue weighted by molar-refractivity contribution is -0.141. The first-order valence-electron chi connectivity index (χ1n) is 4.09. The fourth-order valence-corrected chi connectivity index (χ4v) is 1.55. The standard InChI is InChI=1S/C8H15NO4S/c1-12-7(10)3-4-14-5-6(9)8(11)13-2/h6H,3-5,9H2,1-2H3. The van der Waals surface area contributed by atoms with Crippen LogP contribution in [0.4, 0.5) is 0 Å². The largest absolute Gasteiger partial charge is 0.469 e. The Morgan fingerprint density at radius 2 is 2.00 bits per heavy atom. The Morgan fingerprint density at radius 1 is 1.36 bits per heavy atom. The van der Waals surface area contributed by atoms with E-state index in [1.807, 2.05) is 0 Å². The van der Waals surface area contributed by atoms with E-state index in [0.717, 1.165) is 0 Å². The van der Waals surface area contributed by atoms with Crippen molar-refractivity contribution in [3.05, 3.63) is 0 Å². The monoisotopic (exact) mass is 221 g/mol. The SMILES string of the molecule is COC(=O)CCSCC(N)C(=O)OC. The normalized spacial score (nSPS) is 11.9. The van der Waals surface area contributed by atoms with E-state index in [4.69, 9.17) is 5.73 Å².